The summed E-state index contributed by atoms with van der Waals surface area (Å²) >= 11 is 0. The largest absolute Gasteiger partial charge is 0.493 e. The Balaban J connectivity index is 2.40. The van der Waals surface area contributed by atoms with Crippen molar-refractivity contribution in [1.29, 1.82) is 0 Å². The van der Waals surface area contributed by atoms with Crippen LogP contribution in [0, 0.1) is 10.1 Å². The second-order valence-corrected chi connectivity index (χ2v) is 4.55. The molecule has 0 aliphatic heterocycles. The van der Waals surface area contributed by atoms with E-state index in [9.17, 15) is 14.9 Å². The minimum atomic E-state index is -0.694. The summed E-state index contributed by atoms with van der Waals surface area (Å²) in [4.78, 5) is 22.3. The Morgan fingerprint density at radius 1 is 1.17 bits per heavy atom. The van der Waals surface area contributed by atoms with Crippen LogP contribution in [0.2, 0.25) is 0 Å². The zero-order valence-corrected chi connectivity index (χ0v) is 12.6. The molecule has 120 valence electrons. The van der Waals surface area contributed by atoms with Crippen molar-refractivity contribution in [3.8, 4) is 11.5 Å². The number of esters is 1. The third-order valence-electron chi connectivity index (χ3n) is 3.10. The molecule has 0 radical (unpaired) electrons. The van der Waals surface area contributed by atoms with E-state index in [0.717, 1.165) is 11.6 Å². The molecule has 0 aliphatic rings. The second-order valence-electron chi connectivity index (χ2n) is 4.55. The van der Waals surface area contributed by atoms with Crippen LogP contribution in [0.15, 0.2) is 42.5 Å². The van der Waals surface area contributed by atoms with Crippen LogP contribution in [0.4, 0.5) is 5.69 Å². The van der Waals surface area contributed by atoms with Gasteiger partial charge < -0.3 is 14.2 Å². The predicted octanol–water partition coefficient (Wildman–Crippen LogP) is 2.97. The summed E-state index contributed by atoms with van der Waals surface area (Å²) in [6.45, 7) is 0.135. The fourth-order valence-electron chi connectivity index (χ4n) is 1.99. The molecule has 2 aromatic carbocycles. The minimum absolute atomic E-state index is 0.0168. The Bertz CT molecular complexity index is 714. The number of nitro groups is 1. The lowest BCUT2D eigenvalue weighted by molar-refractivity contribution is -0.386. The maximum absolute atomic E-state index is 11.6. The first-order valence-electron chi connectivity index (χ1n) is 6.68. The van der Waals surface area contributed by atoms with Crippen molar-refractivity contribution in [3.63, 3.8) is 0 Å². The molecule has 0 fully saturated rings. The minimum Gasteiger partial charge on any atom is -0.493 e. The van der Waals surface area contributed by atoms with Gasteiger partial charge in [0.05, 0.1) is 24.7 Å². The summed E-state index contributed by atoms with van der Waals surface area (Å²) in [5.74, 6) is -0.634. The molecule has 0 unspecified atom stereocenters. The fourth-order valence-corrected chi connectivity index (χ4v) is 1.99. The van der Waals surface area contributed by atoms with Gasteiger partial charge in [-0.3, -0.25) is 10.1 Å². The molecule has 0 heterocycles. The summed E-state index contributed by atoms with van der Waals surface area (Å²) in [7, 11) is 2.54. The van der Waals surface area contributed by atoms with Crippen LogP contribution < -0.4 is 9.47 Å². The average molecular weight is 317 g/mol. The number of hydrogen-bond donors (Lipinski definition) is 0. The zero-order valence-electron chi connectivity index (χ0n) is 12.6. The van der Waals surface area contributed by atoms with Gasteiger partial charge in [-0.15, -0.1) is 0 Å². The van der Waals surface area contributed by atoms with E-state index >= 15 is 0 Å². The number of methoxy groups -OCH3 is 2. The van der Waals surface area contributed by atoms with Gasteiger partial charge in [-0.25, -0.2) is 4.79 Å². The molecule has 0 N–H and O–H groups in total. The molecular formula is C16H15NO6. The molecule has 0 spiro atoms. The normalized spacial score (nSPS) is 10.0. The van der Waals surface area contributed by atoms with Gasteiger partial charge in [0.15, 0.2) is 5.75 Å². The van der Waals surface area contributed by atoms with Crippen molar-refractivity contribution in [2.24, 2.45) is 0 Å². The van der Waals surface area contributed by atoms with Crippen LogP contribution in [-0.4, -0.2) is 25.1 Å². The molecule has 7 nitrogen and oxygen atoms in total. The molecule has 0 aliphatic carbocycles. The van der Waals surface area contributed by atoms with Gasteiger partial charge in [-0.05, 0) is 11.6 Å². The van der Waals surface area contributed by atoms with Crippen LogP contribution in [0.1, 0.15) is 15.9 Å². The van der Waals surface area contributed by atoms with E-state index < -0.39 is 10.9 Å². The molecule has 0 bridgehead atoms. The van der Waals surface area contributed by atoms with E-state index in [1.807, 2.05) is 30.3 Å². The highest BCUT2D eigenvalue weighted by Crippen LogP contribution is 2.39. The van der Waals surface area contributed by atoms with E-state index in [0.29, 0.717) is 0 Å². The fraction of sp³-hybridized carbons (Fsp3) is 0.188. The summed E-state index contributed by atoms with van der Waals surface area (Å²) in [5.41, 5.74) is 0.504. The average Bonchev–Trinajstić information content (AvgIpc) is 2.59. The number of rotatable bonds is 6. The summed E-state index contributed by atoms with van der Waals surface area (Å²) < 4.78 is 15.3. The van der Waals surface area contributed by atoms with Crippen LogP contribution in [-0.2, 0) is 11.3 Å². The number of nitro benzene ring substituents is 1. The molecule has 0 aromatic heterocycles. The van der Waals surface area contributed by atoms with E-state index in [-0.39, 0.29) is 29.4 Å². The summed E-state index contributed by atoms with van der Waals surface area (Å²) in [5, 5.41) is 11.3. The second kappa shape index (κ2) is 7.26. The number of ether oxygens (including phenoxy) is 3. The van der Waals surface area contributed by atoms with Gasteiger partial charge in [0.1, 0.15) is 6.61 Å². The van der Waals surface area contributed by atoms with Crippen molar-refractivity contribution < 1.29 is 23.9 Å². The first-order chi connectivity index (χ1) is 11.1. The van der Waals surface area contributed by atoms with Gasteiger partial charge in [0, 0.05) is 6.07 Å². The highest BCUT2D eigenvalue weighted by Gasteiger charge is 2.25. The van der Waals surface area contributed by atoms with Crippen LogP contribution in [0.3, 0.4) is 0 Å². The molecular weight excluding hydrogens is 302 g/mol. The van der Waals surface area contributed by atoms with E-state index in [2.05, 4.69) is 4.74 Å². The summed E-state index contributed by atoms with van der Waals surface area (Å²) in [6.07, 6.45) is 0. The SMILES string of the molecule is COC(=O)c1cc(OC)c(OCc2ccccc2)c([N+](=O)[O-])c1. The molecule has 23 heavy (non-hydrogen) atoms. The monoisotopic (exact) mass is 317 g/mol. The van der Waals surface area contributed by atoms with Gasteiger partial charge in [0.25, 0.3) is 0 Å². The number of hydrogen-bond acceptors (Lipinski definition) is 6. The molecule has 7 heteroatoms. The molecule has 2 aromatic rings. The van der Waals surface area contributed by atoms with Crippen molar-refractivity contribution in [2.45, 2.75) is 6.61 Å². The Labute approximate surface area is 132 Å². The van der Waals surface area contributed by atoms with Gasteiger partial charge in [-0.1, -0.05) is 30.3 Å². The Morgan fingerprint density at radius 3 is 2.43 bits per heavy atom. The first-order valence-corrected chi connectivity index (χ1v) is 6.68. The van der Waals surface area contributed by atoms with Crippen molar-refractivity contribution in [3.05, 3.63) is 63.7 Å². The molecule has 2 rings (SSSR count). The van der Waals surface area contributed by atoms with Crippen molar-refractivity contribution >= 4 is 11.7 Å². The lowest BCUT2D eigenvalue weighted by Crippen LogP contribution is -2.06. The molecule has 0 saturated heterocycles. The Morgan fingerprint density at radius 2 is 1.87 bits per heavy atom. The zero-order chi connectivity index (χ0) is 16.8. The lowest BCUT2D eigenvalue weighted by atomic mass is 10.1. The van der Waals surface area contributed by atoms with E-state index in [1.165, 1.54) is 20.3 Å². The van der Waals surface area contributed by atoms with E-state index in [1.54, 1.807) is 0 Å². The Hall–Kier alpha value is -3.09. The number of carbonyl (C=O) groups excluding carboxylic acids is 1. The molecule has 0 atom stereocenters. The highest BCUT2D eigenvalue weighted by atomic mass is 16.6. The first kappa shape index (κ1) is 16.3. The van der Waals surface area contributed by atoms with Gasteiger partial charge >= 0.3 is 11.7 Å². The quantitative estimate of drug-likeness (QED) is 0.462. The highest BCUT2D eigenvalue weighted by molar-refractivity contribution is 5.91. The Kier molecular flexibility index (Phi) is 5.14. The number of benzene rings is 2. The van der Waals surface area contributed by atoms with Crippen LogP contribution in [0.25, 0.3) is 0 Å². The van der Waals surface area contributed by atoms with Crippen LogP contribution >= 0.6 is 0 Å². The van der Waals surface area contributed by atoms with E-state index in [4.69, 9.17) is 9.47 Å². The third kappa shape index (κ3) is 3.76. The maximum Gasteiger partial charge on any atom is 0.338 e. The standard InChI is InChI=1S/C16H15NO6/c1-21-14-9-12(16(18)22-2)8-13(17(19)20)15(14)23-10-11-6-4-3-5-7-11/h3-9H,10H2,1-2H3. The summed E-state index contributed by atoms with van der Waals surface area (Å²) in [6, 6.07) is 11.7. The van der Waals surface area contributed by atoms with Crippen molar-refractivity contribution in [2.75, 3.05) is 14.2 Å². The van der Waals surface area contributed by atoms with Crippen LogP contribution in [0.5, 0.6) is 11.5 Å². The maximum atomic E-state index is 11.6. The number of carbonyl (C=O) groups is 1. The number of nitrogens with zero attached hydrogens (tertiary/aromatic N) is 1. The molecule has 0 amide bonds. The lowest BCUT2D eigenvalue weighted by Gasteiger charge is -2.12. The molecule has 0 saturated carbocycles. The predicted molar refractivity (Wildman–Crippen MR) is 81.8 cm³/mol. The van der Waals surface area contributed by atoms with Gasteiger partial charge in [0.2, 0.25) is 5.75 Å². The topological polar surface area (TPSA) is 87.9 Å². The smallest absolute Gasteiger partial charge is 0.338 e. The third-order valence-corrected chi connectivity index (χ3v) is 3.10. The van der Waals surface area contributed by atoms with Gasteiger partial charge in [-0.2, -0.15) is 0 Å². The van der Waals surface area contributed by atoms with Crippen molar-refractivity contribution in [1.82, 2.24) is 0 Å².